The van der Waals surface area contributed by atoms with Crippen molar-refractivity contribution in [2.75, 3.05) is 40.1 Å². The van der Waals surface area contributed by atoms with E-state index in [9.17, 15) is 14.7 Å². The van der Waals surface area contributed by atoms with Crippen molar-refractivity contribution in [2.24, 2.45) is 0 Å². The first kappa shape index (κ1) is 33.1. The van der Waals surface area contributed by atoms with Gasteiger partial charge in [-0.1, -0.05) is 110 Å². The molecule has 2 atom stereocenters. The van der Waals surface area contributed by atoms with Crippen LogP contribution in [0.15, 0.2) is 103 Å². The van der Waals surface area contributed by atoms with Gasteiger partial charge in [-0.05, 0) is 23.1 Å². The van der Waals surface area contributed by atoms with Crippen molar-refractivity contribution in [3.8, 4) is 0 Å². The van der Waals surface area contributed by atoms with E-state index in [0.717, 1.165) is 6.42 Å². The van der Waals surface area contributed by atoms with Crippen LogP contribution in [0.4, 0.5) is 0 Å². The second kappa shape index (κ2) is 18.2. The van der Waals surface area contributed by atoms with Crippen molar-refractivity contribution in [1.82, 2.24) is 5.32 Å². The van der Waals surface area contributed by atoms with E-state index in [1.165, 1.54) is 23.8 Å². The lowest BCUT2D eigenvalue weighted by molar-refractivity contribution is -0.146. The first-order valence-corrected chi connectivity index (χ1v) is 15.0. The maximum Gasteiger partial charge on any atom is 0.331 e. The van der Waals surface area contributed by atoms with Crippen LogP contribution in [0.3, 0.4) is 0 Å². The van der Waals surface area contributed by atoms with Crippen molar-refractivity contribution >= 4 is 23.6 Å². The molecule has 7 nitrogen and oxygen atoms in total. The molecule has 2 N–H and O–H groups in total. The SMILES string of the molecule is COC(=O)COCCOCCNC(=O)C[C@H](O)/C=C/CC(C)SC(c1ccccc1)(c1ccccc1)c1ccccc1. The number of allylic oxidation sites excluding steroid dienone is 1. The van der Waals surface area contributed by atoms with Gasteiger partial charge in [-0.3, -0.25) is 4.79 Å². The minimum absolute atomic E-state index is 0.0255. The van der Waals surface area contributed by atoms with E-state index >= 15 is 0 Å². The Bertz CT molecular complexity index is 1130. The van der Waals surface area contributed by atoms with E-state index in [2.05, 4.69) is 89.8 Å². The Labute approximate surface area is 253 Å². The quantitative estimate of drug-likeness (QED) is 0.0918. The van der Waals surface area contributed by atoms with Crippen molar-refractivity contribution in [1.29, 1.82) is 0 Å². The molecule has 0 aliphatic carbocycles. The van der Waals surface area contributed by atoms with Gasteiger partial charge in [-0.15, -0.1) is 11.8 Å². The third kappa shape index (κ3) is 10.4. The molecule has 0 heterocycles. The Hall–Kier alpha value is -3.43. The summed E-state index contributed by atoms with van der Waals surface area (Å²) in [5, 5.41) is 13.4. The third-order valence-electron chi connectivity index (χ3n) is 6.53. The molecule has 3 aromatic carbocycles. The second-order valence-electron chi connectivity index (χ2n) is 9.73. The van der Waals surface area contributed by atoms with Crippen LogP contribution in [-0.2, 0) is 28.5 Å². The molecule has 0 aliphatic rings. The summed E-state index contributed by atoms with van der Waals surface area (Å²) >= 11 is 1.88. The molecule has 8 heteroatoms. The van der Waals surface area contributed by atoms with Crippen molar-refractivity contribution in [3.05, 3.63) is 120 Å². The average molecular weight is 592 g/mol. The predicted octanol–water partition coefficient (Wildman–Crippen LogP) is 5.12. The number of carbonyl (C=O) groups is 2. The van der Waals surface area contributed by atoms with Gasteiger partial charge in [-0.25, -0.2) is 4.79 Å². The zero-order valence-electron chi connectivity index (χ0n) is 24.3. The molecule has 3 rings (SSSR count). The van der Waals surface area contributed by atoms with Gasteiger partial charge in [0.15, 0.2) is 0 Å². The van der Waals surface area contributed by atoms with E-state index in [0.29, 0.717) is 19.8 Å². The number of amides is 1. The first-order valence-electron chi connectivity index (χ1n) is 14.1. The lowest BCUT2D eigenvalue weighted by Gasteiger charge is -2.37. The zero-order chi connectivity index (χ0) is 30.0. The molecule has 3 aromatic rings. The van der Waals surface area contributed by atoms with Crippen LogP contribution < -0.4 is 5.32 Å². The predicted molar refractivity (Wildman–Crippen MR) is 167 cm³/mol. The number of carbonyl (C=O) groups excluding carboxylic acids is 2. The third-order valence-corrected chi connectivity index (χ3v) is 8.18. The fraction of sp³-hybridized carbons (Fsp3) is 0.353. The Balaban J connectivity index is 1.52. The van der Waals surface area contributed by atoms with E-state index in [-0.39, 0.29) is 30.8 Å². The van der Waals surface area contributed by atoms with E-state index in [1.54, 1.807) is 6.08 Å². The number of nitrogens with one attached hydrogen (secondary N) is 1. The Morgan fingerprint density at radius 2 is 1.38 bits per heavy atom. The number of ether oxygens (including phenoxy) is 3. The molecule has 0 fully saturated rings. The van der Waals surface area contributed by atoms with Crippen molar-refractivity contribution in [3.63, 3.8) is 0 Å². The van der Waals surface area contributed by atoms with Gasteiger partial charge in [0.25, 0.3) is 0 Å². The molecule has 1 amide bonds. The summed E-state index contributed by atoms with van der Waals surface area (Å²) < 4.78 is 14.5. The molecule has 0 aromatic heterocycles. The average Bonchev–Trinajstić information content (AvgIpc) is 3.02. The van der Waals surface area contributed by atoms with E-state index < -0.39 is 16.8 Å². The summed E-state index contributed by atoms with van der Waals surface area (Å²) in [5.41, 5.74) is 3.62. The normalized spacial score (nSPS) is 13.0. The second-order valence-corrected chi connectivity index (χ2v) is 11.4. The van der Waals surface area contributed by atoms with Crippen molar-refractivity contribution < 1.29 is 28.9 Å². The molecule has 0 saturated heterocycles. The van der Waals surface area contributed by atoms with Crippen LogP contribution >= 0.6 is 11.8 Å². The van der Waals surface area contributed by atoms with Crippen molar-refractivity contribution in [2.45, 2.75) is 35.9 Å². The van der Waals surface area contributed by atoms with E-state index in [1.807, 2.05) is 36.0 Å². The minimum atomic E-state index is -0.878. The highest BCUT2D eigenvalue weighted by molar-refractivity contribution is 8.01. The summed E-state index contributed by atoms with van der Waals surface area (Å²) in [6.45, 7) is 3.26. The summed E-state index contributed by atoms with van der Waals surface area (Å²) in [6, 6.07) is 31.7. The van der Waals surface area contributed by atoms with Crippen LogP contribution in [0, 0.1) is 0 Å². The fourth-order valence-electron chi connectivity index (χ4n) is 4.53. The number of hydrogen-bond acceptors (Lipinski definition) is 7. The van der Waals surface area contributed by atoms with Crippen LogP contribution in [0.5, 0.6) is 0 Å². The van der Waals surface area contributed by atoms with Crippen LogP contribution in [-0.4, -0.2) is 68.4 Å². The highest BCUT2D eigenvalue weighted by Crippen LogP contribution is 2.50. The molecular weight excluding hydrogens is 550 g/mol. The molecule has 0 bridgehead atoms. The van der Waals surface area contributed by atoms with Crippen LogP contribution in [0.1, 0.15) is 36.5 Å². The number of methoxy groups -OCH3 is 1. The summed E-state index contributed by atoms with van der Waals surface area (Å²) in [4.78, 5) is 23.2. The molecular formula is C34H41NO6S. The maximum atomic E-state index is 12.2. The zero-order valence-corrected chi connectivity index (χ0v) is 25.1. The number of benzene rings is 3. The Morgan fingerprint density at radius 3 is 1.90 bits per heavy atom. The topological polar surface area (TPSA) is 94.1 Å². The van der Waals surface area contributed by atoms with E-state index in [4.69, 9.17) is 9.47 Å². The number of aliphatic hydroxyl groups is 1. The summed E-state index contributed by atoms with van der Waals surface area (Å²) in [5.74, 6) is -0.695. The monoisotopic (exact) mass is 591 g/mol. The molecule has 0 saturated carbocycles. The van der Waals surface area contributed by atoms with Gasteiger partial charge >= 0.3 is 5.97 Å². The van der Waals surface area contributed by atoms with Gasteiger partial charge < -0.3 is 24.6 Å². The molecule has 0 radical (unpaired) electrons. The highest BCUT2D eigenvalue weighted by Gasteiger charge is 2.38. The fourth-order valence-corrected chi connectivity index (χ4v) is 6.15. The van der Waals surface area contributed by atoms with Gasteiger partial charge in [0.1, 0.15) is 6.61 Å². The van der Waals surface area contributed by atoms with Gasteiger partial charge in [0.2, 0.25) is 5.91 Å². The number of hydrogen-bond donors (Lipinski definition) is 2. The number of rotatable bonds is 18. The largest absolute Gasteiger partial charge is 0.467 e. The highest BCUT2D eigenvalue weighted by atomic mass is 32.2. The molecule has 0 aliphatic heterocycles. The Kier molecular flexibility index (Phi) is 14.3. The minimum Gasteiger partial charge on any atom is -0.467 e. The molecule has 224 valence electrons. The number of thioether (sulfide) groups is 1. The maximum absolute atomic E-state index is 12.2. The summed E-state index contributed by atoms with van der Waals surface area (Å²) in [6.07, 6.45) is 3.47. The molecule has 1 unspecified atom stereocenters. The smallest absolute Gasteiger partial charge is 0.331 e. The molecule has 42 heavy (non-hydrogen) atoms. The van der Waals surface area contributed by atoms with Gasteiger partial charge in [0, 0.05) is 11.8 Å². The standard InChI is InChI=1S/C34H41NO6S/c1-27(13-12-20-31(36)25-32(37)35-21-22-40-23-24-41-26-33(38)39-2)42-34(28-14-6-3-7-15-28,29-16-8-4-9-17-29)30-18-10-5-11-19-30/h3-12,14-20,27,31,36H,13,21-26H2,1-2H3,(H,35,37)/b20-12+/t27?,31-/m1/s1. The first-order chi connectivity index (χ1) is 20.5. The van der Waals surface area contributed by atoms with Gasteiger partial charge in [0.05, 0.1) is 44.2 Å². The lowest BCUT2D eigenvalue weighted by Crippen LogP contribution is -2.30. The number of aliphatic hydroxyl groups excluding tert-OH is 1. The summed E-state index contributed by atoms with van der Waals surface area (Å²) in [7, 11) is 1.30. The Morgan fingerprint density at radius 1 is 0.857 bits per heavy atom. The van der Waals surface area contributed by atoms with Gasteiger partial charge in [-0.2, -0.15) is 0 Å². The molecule has 0 spiro atoms. The van der Waals surface area contributed by atoms with Crippen LogP contribution in [0.25, 0.3) is 0 Å². The van der Waals surface area contributed by atoms with Crippen LogP contribution in [0.2, 0.25) is 0 Å². The number of esters is 1. The lowest BCUT2D eigenvalue weighted by atomic mass is 9.84.